The van der Waals surface area contributed by atoms with Gasteiger partial charge in [-0.05, 0) is 208 Å². The van der Waals surface area contributed by atoms with Gasteiger partial charge in [0.25, 0.3) is 0 Å². The van der Waals surface area contributed by atoms with Crippen molar-refractivity contribution < 1.29 is 18.9 Å². The fourth-order valence-corrected chi connectivity index (χ4v) is 17.6. The maximum Gasteiger partial charge on any atom is 0.124 e. The standard InChI is InChI=1S/C55H66O4P2/c1-34(2)55(11,53(43-22-18-16-19-23-43)60(45-26-35(3)49(56-12)36(4)27-45)46-28-37(5)50(57-13)38(6)29-46)54(44-24-20-17-21-25-44)61(47-30-39(7)51(58-14)40(8)31-47)48-32-41(9)52(59-15)42(10)33-48/h16-34,53-54H,1-15H3. The molecule has 0 fully saturated rings. The molecule has 0 heterocycles. The quantitative estimate of drug-likeness (QED) is 0.0965. The minimum Gasteiger partial charge on any atom is -0.496 e. The number of rotatable bonds is 15. The van der Waals surface area contributed by atoms with Crippen LogP contribution >= 0.6 is 15.8 Å². The first-order chi connectivity index (χ1) is 29.1. The molecule has 0 aliphatic heterocycles. The summed E-state index contributed by atoms with van der Waals surface area (Å²) in [6, 6.07) is 42.1. The van der Waals surface area contributed by atoms with Gasteiger partial charge in [-0.25, -0.2) is 0 Å². The zero-order chi connectivity index (χ0) is 44.3. The topological polar surface area (TPSA) is 36.9 Å². The minimum absolute atomic E-state index is 0.0687. The normalized spacial score (nSPS) is 13.6. The van der Waals surface area contributed by atoms with Gasteiger partial charge in [0.2, 0.25) is 0 Å². The summed E-state index contributed by atoms with van der Waals surface area (Å²) >= 11 is 0. The number of aryl methyl sites for hydroxylation is 8. The van der Waals surface area contributed by atoms with Gasteiger partial charge in [-0.3, -0.25) is 0 Å². The Kier molecular flexibility index (Phi) is 14.4. The van der Waals surface area contributed by atoms with Crippen molar-refractivity contribution >= 4 is 37.1 Å². The Morgan fingerprint density at radius 1 is 0.377 bits per heavy atom. The number of hydrogen-bond acceptors (Lipinski definition) is 4. The van der Waals surface area contributed by atoms with Crippen LogP contribution in [-0.4, -0.2) is 28.4 Å². The fraction of sp³-hybridized carbons (Fsp3) is 0.345. The van der Waals surface area contributed by atoms with Crippen molar-refractivity contribution in [2.75, 3.05) is 28.4 Å². The molecule has 0 N–H and O–H groups in total. The minimum atomic E-state index is -1.08. The van der Waals surface area contributed by atoms with Crippen LogP contribution < -0.4 is 40.2 Å². The Labute approximate surface area is 369 Å². The molecule has 2 atom stereocenters. The van der Waals surface area contributed by atoms with E-state index in [1.165, 1.54) is 32.3 Å². The molecule has 0 radical (unpaired) electrons. The van der Waals surface area contributed by atoms with E-state index >= 15 is 0 Å². The van der Waals surface area contributed by atoms with Crippen LogP contribution in [0.15, 0.2) is 109 Å². The summed E-state index contributed by atoms with van der Waals surface area (Å²) < 4.78 is 24.0. The molecule has 6 rings (SSSR count). The van der Waals surface area contributed by atoms with Gasteiger partial charge >= 0.3 is 0 Å². The number of ether oxygens (including phenoxy) is 4. The molecule has 0 amide bonds. The van der Waals surface area contributed by atoms with E-state index in [1.54, 1.807) is 28.4 Å². The van der Waals surface area contributed by atoms with E-state index in [1.807, 2.05) is 0 Å². The number of benzene rings is 6. The lowest BCUT2D eigenvalue weighted by Crippen LogP contribution is -2.41. The van der Waals surface area contributed by atoms with E-state index in [0.717, 1.165) is 67.5 Å². The summed E-state index contributed by atoms with van der Waals surface area (Å²) in [7, 11) is 4.99. The summed E-state index contributed by atoms with van der Waals surface area (Å²) in [6.07, 6.45) is 0. The van der Waals surface area contributed by atoms with Gasteiger partial charge in [0.05, 0.1) is 28.4 Å². The highest BCUT2D eigenvalue weighted by molar-refractivity contribution is 7.74. The molecule has 0 aliphatic carbocycles. The van der Waals surface area contributed by atoms with Gasteiger partial charge < -0.3 is 18.9 Å². The van der Waals surface area contributed by atoms with Gasteiger partial charge in [-0.15, -0.1) is 0 Å². The summed E-state index contributed by atoms with van der Waals surface area (Å²) in [5, 5.41) is 5.38. The third-order valence-electron chi connectivity index (χ3n) is 12.9. The van der Waals surface area contributed by atoms with Crippen molar-refractivity contribution in [3.05, 3.63) is 165 Å². The first-order valence-electron chi connectivity index (χ1n) is 21.4. The van der Waals surface area contributed by atoms with Gasteiger partial charge in [-0.1, -0.05) is 81.4 Å². The molecule has 0 saturated carbocycles. The molecule has 0 bridgehead atoms. The van der Waals surface area contributed by atoms with E-state index in [9.17, 15) is 0 Å². The van der Waals surface area contributed by atoms with Crippen molar-refractivity contribution in [2.45, 2.75) is 87.5 Å². The zero-order valence-corrected chi connectivity index (χ0v) is 40.9. The molecule has 6 aromatic carbocycles. The highest BCUT2D eigenvalue weighted by Crippen LogP contribution is 2.72. The summed E-state index contributed by atoms with van der Waals surface area (Å²) in [5.74, 6) is 4.03. The van der Waals surface area contributed by atoms with E-state index < -0.39 is 15.8 Å². The molecule has 6 heteroatoms. The van der Waals surface area contributed by atoms with Crippen molar-refractivity contribution in [3.8, 4) is 23.0 Å². The highest BCUT2D eigenvalue weighted by atomic mass is 31.1. The Hall–Kier alpha value is -4.62. The molecule has 6 aromatic rings. The number of methoxy groups -OCH3 is 4. The second-order valence-electron chi connectivity index (χ2n) is 17.3. The SMILES string of the molecule is COc1c(C)cc(P(c2cc(C)c(OC)c(C)c2)C(c2ccccc2)C(C)(C(C)C)C(c2ccccc2)P(c2cc(C)c(OC)c(C)c2)c2cc(C)c(OC)c(C)c2)cc1C. The van der Waals surface area contributed by atoms with Crippen LogP contribution in [0.25, 0.3) is 0 Å². The predicted octanol–water partition coefficient (Wildman–Crippen LogP) is 12.9. The molecule has 4 nitrogen and oxygen atoms in total. The smallest absolute Gasteiger partial charge is 0.124 e. The van der Waals surface area contributed by atoms with Crippen LogP contribution in [-0.2, 0) is 0 Å². The van der Waals surface area contributed by atoms with Crippen molar-refractivity contribution in [1.29, 1.82) is 0 Å². The van der Waals surface area contributed by atoms with E-state index in [0.29, 0.717) is 0 Å². The van der Waals surface area contributed by atoms with Crippen LogP contribution in [0, 0.1) is 66.7 Å². The lowest BCUT2D eigenvalue weighted by molar-refractivity contribution is 0.200. The van der Waals surface area contributed by atoms with Gasteiger partial charge in [0.15, 0.2) is 0 Å². The maximum absolute atomic E-state index is 6.01. The molecular formula is C55H66O4P2. The van der Waals surface area contributed by atoms with E-state index in [2.05, 4.69) is 185 Å². The molecule has 0 spiro atoms. The van der Waals surface area contributed by atoms with Crippen LogP contribution in [0.1, 0.15) is 87.7 Å². The second kappa shape index (κ2) is 19.2. The first-order valence-corrected chi connectivity index (χ1v) is 24.2. The van der Waals surface area contributed by atoms with Crippen LogP contribution in [0.3, 0.4) is 0 Å². The molecular weight excluding hydrogens is 787 g/mol. The highest BCUT2D eigenvalue weighted by Gasteiger charge is 2.52. The van der Waals surface area contributed by atoms with Crippen LogP contribution in [0.4, 0.5) is 0 Å². The van der Waals surface area contributed by atoms with Crippen LogP contribution in [0.2, 0.25) is 0 Å². The molecule has 0 aromatic heterocycles. The van der Waals surface area contributed by atoms with E-state index in [4.69, 9.17) is 18.9 Å². The Morgan fingerprint density at radius 2 is 0.590 bits per heavy atom. The third kappa shape index (κ3) is 8.87. The fourth-order valence-electron chi connectivity index (χ4n) is 10.1. The largest absolute Gasteiger partial charge is 0.496 e. The second-order valence-corrected chi connectivity index (χ2v) is 21.9. The summed E-state index contributed by atoms with van der Waals surface area (Å²) in [4.78, 5) is 0. The summed E-state index contributed by atoms with van der Waals surface area (Å²) in [6.45, 7) is 25.1. The summed E-state index contributed by atoms with van der Waals surface area (Å²) in [5.41, 5.74) is 11.7. The van der Waals surface area contributed by atoms with Crippen LogP contribution in [0.5, 0.6) is 23.0 Å². The van der Waals surface area contributed by atoms with Crippen molar-refractivity contribution in [2.24, 2.45) is 11.3 Å². The Bertz CT molecular complexity index is 2100. The monoisotopic (exact) mass is 852 g/mol. The Morgan fingerprint density at radius 3 is 0.770 bits per heavy atom. The van der Waals surface area contributed by atoms with E-state index in [-0.39, 0.29) is 22.7 Å². The first kappa shape index (κ1) is 45.9. The average molecular weight is 853 g/mol. The zero-order valence-electron chi connectivity index (χ0n) is 39.2. The predicted molar refractivity (Wildman–Crippen MR) is 264 cm³/mol. The molecule has 0 aliphatic rings. The lowest BCUT2D eigenvalue weighted by atomic mass is 9.69. The van der Waals surface area contributed by atoms with Crippen molar-refractivity contribution in [1.82, 2.24) is 0 Å². The molecule has 0 saturated heterocycles. The third-order valence-corrected chi connectivity index (χ3v) is 18.9. The average Bonchev–Trinajstić information content (AvgIpc) is 3.21. The number of hydrogen-bond donors (Lipinski definition) is 0. The molecule has 320 valence electrons. The molecule has 2 unspecified atom stereocenters. The lowest BCUT2D eigenvalue weighted by Gasteiger charge is -2.53. The van der Waals surface area contributed by atoms with Crippen molar-refractivity contribution in [3.63, 3.8) is 0 Å². The Balaban J connectivity index is 1.82. The van der Waals surface area contributed by atoms with Gasteiger partial charge in [0.1, 0.15) is 23.0 Å². The molecule has 61 heavy (non-hydrogen) atoms. The maximum atomic E-state index is 6.01. The van der Waals surface area contributed by atoms with Gasteiger partial charge in [-0.2, -0.15) is 0 Å². The van der Waals surface area contributed by atoms with Gasteiger partial charge in [0, 0.05) is 11.3 Å².